The van der Waals surface area contributed by atoms with E-state index >= 15 is 0 Å². The van der Waals surface area contributed by atoms with E-state index in [0.717, 1.165) is 35.9 Å². The van der Waals surface area contributed by atoms with Crippen molar-refractivity contribution in [1.82, 2.24) is 19.5 Å². The minimum Gasteiger partial charge on any atom is -0.352 e. The van der Waals surface area contributed by atoms with Gasteiger partial charge in [-0.25, -0.2) is 15.0 Å². The number of benzene rings is 1. The van der Waals surface area contributed by atoms with E-state index in [1.54, 1.807) is 6.33 Å². The van der Waals surface area contributed by atoms with Gasteiger partial charge in [0.25, 0.3) is 0 Å². The summed E-state index contributed by atoms with van der Waals surface area (Å²) in [6, 6.07) is 10.9. The van der Waals surface area contributed by atoms with Gasteiger partial charge in [0.2, 0.25) is 0 Å². The number of aromatic nitrogens is 4. The molecule has 0 unspecified atom stereocenters. The molecule has 4 rings (SSSR count). The van der Waals surface area contributed by atoms with Gasteiger partial charge >= 0.3 is 0 Å². The Balaban J connectivity index is 1.68. The molecule has 0 saturated carbocycles. The molecule has 1 aromatic carbocycles. The first-order chi connectivity index (χ1) is 11.4. The van der Waals surface area contributed by atoms with Gasteiger partial charge in [-0.05, 0) is 19.1 Å². The van der Waals surface area contributed by atoms with Crippen LogP contribution in [0.4, 0.5) is 5.82 Å². The van der Waals surface area contributed by atoms with E-state index in [-0.39, 0.29) is 5.41 Å². The Morgan fingerprint density at radius 1 is 1.08 bits per heavy atom. The van der Waals surface area contributed by atoms with Crippen LogP contribution in [0.25, 0.3) is 11.0 Å². The standard InChI is InChI=1S/C19H23N5/c1-13-9-17(21-12-20-13)23-10-14(11-23)24-16-8-6-5-7-15(16)22-18(24)19(2,3)4/h5-9,12,14H,10-11H2,1-4H3. The molecule has 2 aromatic heterocycles. The lowest BCUT2D eigenvalue weighted by atomic mass is 9.94. The molecule has 3 heterocycles. The molecular weight excluding hydrogens is 298 g/mol. The lowest BCUT2D eigenvalue weighted by molar-refractivity contribution is 0.371. The average molecular weight is 321 g/mol. The maximum atomic E-state index is 4.92. The van der Waals surface area contributed by atoms with Gasteiger partial charge < -0.3 is 9.47 Å². The van der Waals surface area contributed by atoms with Gasteiger partial charge in [-0.2, -0.15) is 0 Å². The highest BCUT2D eigenvalue weighted by molar-refractivity contribution is 5.76. The summed E-state index contributed by atoms with van der Waals surface area (Å²) in [6.45, 7) is 10.6. The number of nitrogens with zero attached hydrogens (tertiary/aromatic N) is 5. The Hall–Kier alpha value is -2.43. The Labute approximate surface area is 142 Å². The van der Waals surface area contributed by atoms with Crippen molar-refractivity contribution in [2.45, 2.75) is 39.2 Å². The van der Waals surface area contributed by atoms with Crippen LogP contribution in [0.2, 0.25) is 0 Å². The molecule has 0 N–H and O–H groups in total. The Morgan fingerprint density at radius 2 is 1.83 bits per heavy atom. The van der Waals surface area contributed by atoms with Crippen molar-refractivity contribution < 1.29 is 0 Å². The average Bonchev–Trinajstić information content (AvgIpc) is 2.86. The van der Waals surface area contributed by atoms with Crippen LogP contribution in [0.3, 0.4) is 0 Å². The fourth-order valence-electron chi connectivity index (χ4n) is 3.36. The molecule has 0 aliphatic carbocycles. The van der Waals surface area contributed by atoms with Gasteiger partial charge in [0, 0.05) is 30.3 Å². The molecule has 5 heteroatoms. The molecule has 24 heavy (non-hydrogen) atoms. The Bertz CT molecular complexity index is 884. The highest BCUT2D eigenvalue weighted by atomic mass is 15.3. The number of hydrogen-bond donors (Lipinski definition) is 0. The molecule has 0 atom stereocenters. The third-order valence-electron chi connectivity index (χ3n) is 4.61. The Morgan fingerprint density at radius 3 is 2.54 bits per heavy atom. The van der Waals surface area contributed by atoms with Crippen LogP contribution < -0.4 is 4.90 Å². The minimum atomic E-state index is 0.0188. The quantitative estimate of drug-likeness (QED) is 0.725. The molecule has 1 saturated heterocycles. The van der Waals surface area contributed by atoms with Crippen molar-refractivity contribution in [2.75, 3.05) is 18.0 Å². The van der Waals surface area contributed by atoms with Gasteiger partial charge in [0.05, 0.1) is 17.1 Å². The summed E-state index contributed by atoms with van der Waals surface area (Å²) in [6.07, 6.45) is 1.64. The van der Waals surface area contributed by atoms with Crippen LogP contribution in [0, 0.1) is 6.92 Å². The van der Waals surface area contributed by atoms with Crippen molar-refractivity contribution in [1.29, 1.82) is 0 Å². The highest BCUT2D eigenvalue weighted by Crippen LogP contribution is 2.34. The first kappa shape index (κ1) is 15.1. The van der Waals surface area contributed by atoms with E-state index in [2.05, 4.69) is 64.5 Å². The van der Waals surface area contributed by atoms with E-state index in [0.29, 0.717) is 6.04 Å². The lowest BCUT2D eigenvalue weighted by Gasteiger charge is -2.42. The summed E-state index contributed by atoms with van der Waals surface area (Å²) in [4.78, 5) is 15.8. The minimum absolute atomic E-state index is 0.0188. The molecular formula is C19H23N5. The van der Waals surface area contributed by atoms with Crippen LogP contribution in [0.5, 0.6) is 0 Å². The molecule has 1 aliphatic heterocycles. The smallest absolute Gasteiger partial charge is 0.132 e. The fraction of sp³-hybridized carbons (Fsp3) is 0.421. The molecule has 0 amide bonds. The molecule has 0 spiro atoms. The fourth-order valence-corrected chi connectivity index (χ4v) is 3.36. The van der Waals surface area contributed by atoms with Crippen molar-refractivity contribution in [3.05, 3.63) is 48.2 Å². The monoisotopic (exact) mass is 321 g/mol. The number of para-hydroxylation sites is 2. The second-order valence-electron chi connectivity index (χ2n) is 7.62. The van der Waals surface area contributed by atoms with Crippen LogP contribution in [0.1, 0.15) is 38.3 Å². The van der Waals surface area contributed by atoms with Crippen molar-refractivity contribution in [2.24, 2.45) is 0 Å². The number of hydrogen-bond acceptors (Lipinski definition) is 4. The van der Waals surface area contributed by atoms with Crippen LogP contribution in [-0.2, 0) is 5.41 Å². The number of fused-ring (bicyclic) bond motifs is 1. The van der Waals surface area contributed by atoms with E-state index in [4.69, 9.17) is 4.98 Å². The maximum Gasteiger partial charge on any atom is 0.132 e. The maximum absolute atomic E-state index is 4.92. The van der Waals surface area contributed by atoms with Gasteiger partial charge in [0.15, 0.2) is 0 Å². The number of anilines is 1. The van der Waals surface area contributed by atoms with Crippen molar-refractivity contribution >= 4 is 16.9 Å². The highest BCUT2D eigenvalue weighted by Gasteiger charge is 2.34. The van der Waals surface area contributed by atoms with Crippen molar-refractivity contribution in [3.63, 3.8) is 0 Å². The molecule has 3 aromatic rings. The SMILES string of the molecule is Cc1cc(N2CC(n3c(C(C)(C)C)nc4ccccc43)C2)ncn1. The van der Waals surface area contributed by atoms with E-state index < -0.39 is 0 Å². The first-order valence-corrected chi connectivity index (χ1v) is 8.44. The molecule has 0 radical (unpaired) electrons. The predicted octanol–water partition coefficient (Wildman–Crippen LogP) is 3.49. The molecule has 124 valence electrons. The zero-order valence-corrected chi connectivity index (χ0v) is 14.7. The van der Waals surface area contributed by atoms with Gasteiger partial charge in [-0.3, -0.25) is 0 Å². The largest absolute Gasteiger partial charge is 0.352 e. The first-order valence-electron chi connectivity index (χ1n) is 8.44. The summed E-state index contributed by atoms with van der Waals surface area (Å²) in [5.74, 6) is 2.17. The van der Waals surface area contributed by atoms with E-state index in [1.807, 2.05) is 13.0 Å². The zero-order valence-electron chi connectivity index (χ0n) is 14.7. The summed E-state index contributed by atoms with van der Waals surface area (Å²) < 4.78 is 2.43. The summed E-state index contributed by atoms with van der Waals surface area (Å²) >= 11 is 0. The number of imidazole rings is 1. The third kappa shape index (κ3) is 2.44. The van der Waals surface area contributed by atoms with Crippen LogP contribution in [0.15, 0.2) is 36.7 Å². The van der Waals surface area contributed by atoms with Gasteiger partial charge in [-0.1, -0.05) is 32.9 Å². The summed E-state index contributed by atoms with van der Waals surface area (Å²) in [5.41, 5.74) is 3.34. The van der Waals surface area contributed by atoms with Crippen LogP contribution >= 0.6 is 0 Å². The number of aryl methyl sites for hydroxylation is 1. The summed E-state index contributed by atoms with van der Waals surface area (Å²) in [5, 5.41) is 0. The van der Waals surface area contributed by atoms with Crippen molar-refractivity contribution in [3.8, 4) is 0 Å². The topological polar surface area (TPSA) is 46.8 Å². The predicted molar refractivity (Wildman–Crippen MR) is 96.5 cm³/mol. The second-order valence-corrected chi connectivity index (χ2v) is 7.62. The van der Waals surface area contributed by atoms with Gasteiger partial charge in [-0.15, -0.1) is 0 Å². The third-order valence-corrected chi connectivity index (χ3v) is 4.61. The molecule has 0 bridgehead atoms. The normalized spacial score (nSPS) is 15.8. The zero-order chi connectivity index (χ0) is 16.9. The molecule has 5 nitrogen and oxygen atoms in total. The number of rotatable bonds is 2. The Kier molecular flexibility index (Phi) is 3.34. The van der Waals surface area contributed by atoms with E-state index in [1.165, 1.54) is 5.52 Å². The van der Waals surface area contributed by atoms with E-state index in [9.17, 15) is 0 Å². The summed E-state index contributed by atoms with van der Waals surface area (Å²) in [7, 11) is 0. The van der Waals surface area contributed by atoms with Gasteiger partial charge in [0.1, 0.15) is 18.0 Å². The lowest BCUT2D eigenvalue weighted by Crippen LogP contribution is -2.49. The van der Waals surface area contributed by atoms with Crippen LogP contribution in [-0.4, -0.2) is 32.6 Å². The molecule has 1 aliphatic rings. The molecule has 1 fully saturated rings. The second kappa shape index (κ2) is 5.30.